The normalized spacial score (nSPS) is 11.9. The fourth-order valence-electron chi connectivity index (χ4n) is 1.62. The molecule has 1 aromatic rings. The molecule has 0 bridgehead atoms. The third-order valence-electron chi connectivity index (χ3n) is 2.65. The molecule has 0 unspecified atom stereocenters. The van der Waals surface area contributed by atoms with E-state index in [1.165, 1.54) is 5.32 Å². The predicted octanol–water partition coefficient (Wildman–Crippen LogP) is -1.16. The first kappa shape index (κ1) is 16.6. The molecule has 0 spiro atoms. The Morgan fingerprint density at radius 1 is 1.35 bits per heavy atom. The number of nitrogens with two attached hydrogens (primary N) is 1. The van der Waals surface area contributed by atoms with Gasteiger partial charge in [-0.2, -0.15) is 0 Å². The number of aliphatic hydroxyl groups excluding tert-OH is 1. The molecule has 1 amide bonds. The van der Waals surface area contributed by atoms with Gasteiger partial charge in [0, 0.05) is 23.2 Å². The monoisotopic (exact) mass is 344 g/mol. The Bertz CT molecular complexity index is 450. The van der Waals surface area contributed by atoms with Gasteiger partial charge in [0.1, 0.15) is 6.04 Å². The number of amides is 1. The SMILES string of the molecule is O=C(C[C@@H]([NH2+]CCCO)C(=O)[O-])Nc1ccc(Br)cc1. The molecule has 110 valence electrons. The zero-order chi connectivity index (χ0) is 15.0. The van der Waals surface area contributed by atoms with Gasteiger partial charge in [-0.15, -0.1) is 0 Å². The van der Waals surface area contributed by atoms with E-state index in [2.05, 4.69) is 21.2 Å². The van der Waals surface area contributed by atoms with Crippen LogP contribution < -0.4 is 15.7 Å². The first-order valence-electron chi connectivity index (χ1n) is 6.23. The van der Waals surface area contributed by atoms with Crippen molar-refractivity contribution >= 4 is 33.5 Å². The molecule has 1 aromatic carbocycles. The third-order valence-corrected chi connectivity index (χ3v) is 3.18. The molecular formula is C13H17BrN2O4. The van der Waals surface area contributed by atoms with Crippen molar-refractivity contribution in [2.45, 2.75) is 18.9 Å². The second-order valence-corrected chi connectivity index (χ2v) is 5.20. The molecule has 4 N–H and O–H groups in total. The lowest BCUT2D eigenvalue weighted by Crippen LogP contribution is -2.93. The highest BCUT2D eigenvalue weighted by atomic mass is 79.9. The molecule has 1 rings (SSSR count). The van der Waals surface area contributed by atoms with E-state index in [-0.39, 0.29) is 18.9 Å². The van der Waals surface area contributed by atoms with Gasteiger partial charge in [-0.1, -0.05) is 15.9 Å². The van der Waals surface area contributed by atoms with Crippen LogP contribution in [0.25, 0.3) is 0 Å². The average molecular weight is 345 g/mol. The first-order chi connectivity index (χ1) is 9.52. The van der Waals surface area contributed by atoms with Crippen molar-refractivity contribution in [3.8, 4) is 0 Å². The summed E-state index contributed by atoms with van der Waals surface area (Å²) < 4.78 is 0.889. The third kappa shape index (κ3) is 6.14. The van der Waals surface area contributed by atoms with Crippen molar-refractivity contribution < 1.29 is 25.1 Å². The number of carbonyl (C=O) groups is 2. The minimum Gasteiger partial charge on any atom is -0.544 e. The molecule has 0 saturated heterocycles. The van der Waals surface area contributed by atoms with Gasteiger partial charge in [-0.25, -0.2) is 0 Å². The van der Waals surface area contributed by atoms with Crippen LogP contribution in [0.15, 0.2) is 28.7 Å². The number of anilines is 1. The van der Waals surface area contributed by atoms with Crippen molar-refractivity contribution in [3.05, 3.63) is 28.7 Å². The fraction of sp³-hybridized carbons (Fsp3) is 0.385. The molecular weight excluding hydrogens is 328 g/mol. The molecule has 0 radical (unpaired) electrons. The number of hydrogen-bond acceptors (Lipinski definition) is 4. The predicted molar refractivity (Wildman–Crippen MR) is 74.7 cm³/mol. The van der Waals surface area contributed by atoms with E-state index in [0.29, 0.717) is 18.7 Å². The van der Waals surface area contributed by atoms with Crippen LogP contribution in [0.2, 0.25) is 0 Å². The van der Waals surface area contributed by atoms with Gasteiger partial charge in [0.2, 0.25) is 5.91 Å². The second-order valence-electron chi connectivity index (χ2n) is 4.29. The van der Waals surface area contributed by atoms with Gasteiger partial charge in [-0.3, -0.25) is 4.79 Å². The molecule has 7 heteroatoms. The Kier molecular flexibility index (Phi) is 7.21. The Morgan fingerprint density at radius 3 is 2.55 bits per heavy atom. The van der Waals surface area contributed by atoms with Gasteiger partial charge in [0.15, 0.2) is 0 Å². The summed E-state index contributed by atoms with van der Waals surface area (Å²) in [6.45, 7) is 0.419. The van der Waals surface area contributed by atoms with Gasteiger partial charge >= 0.3 is 0 Å². The van der Waals surface area contributed by atoms with E-state index in [4.69, 9.17) is 5.11 Å². The number of halogens is 1. The maximum absolute atomic E-state index is 11.8. The van der Waals surface area contributed by atoms with E-state index >= 15 is 0 Å². The van der Waals surface area contributed by atoms with Gasteiger partial charge in [0.05, 0.1) is 18.9 Å². The number of carbonyl (C=O) groups excluding carboxylic acids is 2. The van der Waals surface area contributed by atoms with E-state index in [1.807, 2.05) is 0 Å². The summed E-state index contributed by atoms with van der Waals surface area (Å²) in [7, 11) is 0. The Labute approximate surface area is 125 Å². The summed E-state index contributed by atoms with van der Waals surface area (Å²) in [6, 6.07) is 6.03. The van der Waals surface area contributed by atoms with Crippen LogP contribution >= 0.6 is 15.9 Å². The van der Waals surface area contributed by atoms with Crippen molar-refractivity contribution in [2.75, 3.05) is 18.5 Å². The lowest BCUT2D eigenvalue weighted by molar-refractivity contribution is -0.682. The van der Waals surface area contributed by atoms with Crippen LogP contribution in [0.3, 0.4) is 0 Å². The molecule has 0 aliphatic carbocycles. The molecule has 20 heavy (non-hydrogen) atoms. The van der Waals surface area contributed by atoms with Crippen LogP contribution in [0.4, 0.5) is 5.69 Å². The van der Waals surface area contributed by atoms with Gasteiger partial charge in [-0.05, 0) is 24.3 Å². The molecule has 0 aliphatic rings. The minimum atomic E-state index is -1.28. The zero-order valence-electron chi connectivity index (χ0n) is 10.8. The van der Waals surface area contributed by atoms with Crippen molar-refractivity contribution in [2.24, 2.45) is 0 Å². The van der Waals surface area contributed by atoms with E-state index < -0.39 is 12.0 Å². The van der Waals surface area contributed by atoms with E-state index in [9.17, 15) is 14.7 Å². The molecule has 0 aromatic heterocycles. The Morgan fingerprint density at radius 2 is 2.00 bits per heavy atom. The van der Waals surface area contributed by atoms with Crippen LogP contribution in [-0.4, -0.2) is 36.2 Å². The molecule has 0 heterocycles. The number of aliphatic carboxylic acids is 1. The number of nitrogens with one attached hydrogen (secondary N) is 1. The Balaban J connectivity index is 2.48. The fourth-order valence-corrected chi connectivity index (χ4v) is 1.88. The quantitative estimate of drug-likeness (QED) is 0.517. The lowest BCUT2D eigenvalue weighted by atomic mass is 10.2. The summed E-state index contributed by atoms with van der Waals surface area (Å²) in [5.74, 6) is -1.67. The number of carboxylic acids is 1. The zero-order valence-corrected chi connectivity index (χ0v) is 12.4. The van der Waals surface area contributed by atoms with Crippen molar-refractivity contribution in [1.29, 1.82) is 0 Å². The Hall–Kier alpha value is -1.44. The number of quaternary nitrogens is 1. The van der Waals surface area contributed by atoms with Crippen LogP contribution in [0.5, 0.6) is 0 Å². The van der Waals surface area contributed by atoms with Crippen molar-refractivity contribution in [1.82, 2.24) is 0 Å². The standard InChI is InChI=1S/C13H17BrN2O4/c14-9-2-4-10(5-3-9)16-12(18)8-11(13(19)20)15-6-1-7-17/h2-5,11,15,17H,1,6-8H2,(H,16,18)(H,19,20)/t11-/m1/s1. The van der Waals surface area contributed by atoms with Gasteiger partial charge < -0.3 is 25.6 Å². The van der Waals surface area contributed by atoms with Crippen LogP contribution in [0, 0.1) is 0 Å². The molecule has 0 fully saturated rings. The van der Waals surface area contributed by atoms with Crippen LogP contribution in [0.1, 0.15) is 12.8 Å². The summed E-state index contributed by atoms with van der Waals surface area (Å²) in [6.07, 6.45) is 0.294. The number of aliphatic hydroxyl groups is 1. The number of hydrogen-bond donors (Lipinski definition) is 3. The molecule has 6 nitrogen and oxygen atoms in total. The van der Waals surface area contributed by atoms with E-state index in [0.717, 1.165) is 4.47 Å². The highest BCUT2D eigenvalue weighted by molar-refractivity contribution is 9.10. The highest BCUT2D eigenvalue weighted by Gasteiger charge is 2.17. The maximum atomic E-state index is 11.8. The molecule has 0 saturated carbocycles. The minimum absolute atomic E-state index is 0.0125. The smallest absolute Gasteiger partial charge is 0.230 e. The highest BCUT2D eigenvalue weighted by Crippen LogP contribution is 2.14. The van der Waals surface area contributed by atoms with Crippen molar-refractivity contribution in [3.63, 3.8) is 0 Å². The summed E-state index contributed by atoms with van der Waals surface area (Å²) in [5, 5.41) is 23.7. The summed E-state index contributed by atoms with van der Waals surface area (Å²) >= 11 is 3.28. The largest absolute Gasteiger partial charge is 0.544 e. The maximum Gasteiger partial charge on any atom is 0.230 e. The number of carboxylic acid groups (broad SMARTS) is 1. The second kappa shape index (κ2) is 8.68. The van der Waals surface area contributed by atoms with Gasteiger partial charge in [0.25, 0.3) is 0 Å². The number of rotatable bonds is 8. The summed E-state index contributed by atoms with van der Waals surface area (Å²) in [4.78, 5) is 22.7. The lowest BCUT2D eigenvalue weighted by Gasteiger charge is -2.16. The molecule has 1 atom stereocenters. The topological polar surface area (TPSA) is 106 Å². The van der Waals surface area contributed by atoms with Crippen LogP contribution in [-0.2, 0) is 9.59 Å². The molecule has 0 aliphatic heterocycles. The van der Waals surface area contributed by atoms with E-state index in [1.54, 1.807) is 24.3 Å². The first-order valence-corrected chi connectivity index (χ1v) is 7.02. The summed E-state index contributed by atoms with van der Waals surface area (Å²) in [5.41, 5.74) is 0.602. The average Bonchev–Trinajstić information content (AvgIpc) is 2.40. The number of benzene rings is 1.